The molecular weight excluding hydrogens is 440 g/mol. The highest BCUT2D eigenvalue weighted by atomic mass is 16.4. The number of aliphatic hydroxyl groups is 1. The summed E-state index contributed by atoms with van der Waals surface area (Å²) in [6.07, 6.45) is 0.874. The van der Waals surface area contributed by atoms with E-state index >= 15 is 0 Å². The SMILES string of the molecule is CC(C)[C@@H](CNC(=O)c1ccc(C[C@@H](N)C(=O)O)cc1)c1ccc(-c2ccc(CCO)cc2)cc1. The lowest BCUT2D eigenvalue weighted by atomic mass is 9.87. The van der Waals surface area contributed by atoms with Gasteiger partial charge in [-0.2, -0.15) is 0 Å². The summed E-state index contributed by atoms with van der Waals surface area (Å²) < 4.78 is 0. The van der Waals surface area contributed by atoms with E-state index in [1.807, 2.05) is 12.1 Å². The Hall–Kier alpha value is -3.48. The molecule has 5 N–H and O–H groups in total. The second kappa shape index (κ2) is 12.3. The molecule has 0 saturated carbocycles. The zero-order valence-corrected chi connectivity index (χ0v) is 20.3. The van der Waals surface area contributed by atoms with Crippen molar-refractivity contribution in [2.45, 2.75) is 38.6 Å². The minimum atomic E-state index is -1.05. The van der Waals surface area contributed by atoms with Gasteiger partial charge in [0.05, 0.1) is 0 Å². The van der Waals surface area contributed by atoms with Crippen molar-refractivity contribution in [1.82, 2.24) is 5.32 Å². The summed E-state index contributed by atoms with van der Waals surface area (Å²) in [7, 11) is 0. The third kappa shape index (κ3) is 7.25. The molecule has 6 heteroatoms. The molecule has 3 aromatic carbocycles. The maximum atomic E-state index is 12.7. The molecule has 0 radical (unpaired) electrons. The molecule has 0 spiro atoms. The Morgan fingerprint density at radius 3 is 1.91 bits per heavy atom. The fourth-order valence-corrected chi connectivity index (χ4v) is 4.09. The van der Waals surface area contributed by atoms with Gasteiger partial charge in [-0.3, -0.25) is 9.59 Å². The van der Waals surface area contributed by atoms with Gasteiger partial charge in [0, 0.05) is 24.6 Å². The van der Waals surface area contributed by atoms with Gasteiger partial charge in [0.15, 0.2) is 0 Å². The van der Waals surface area contributed by atoms with Crippen molar-refractivity contribution < 1.29 is 19.8 Å². The molecule has 0 aliphatic carbocycles. The van der Waals surface area contributed by atoms with E-state index < -0.39 is 12.0 Å². The van der Waals surface area contributed by atoms with Crippen LogP contribution >= 0.6 is 0 Å². The quantitative estimate of drug-likeness (QED) is 0.335. The number of aliphatic carboxylic acids is 1. The average molecular weight is 475 g/mol. The molecule has 0 unspecified atom stereocenters. The van der Waals surface area contributed by atoms with E-state index in [4.69, 9.17) is 15.9 Å². The fourth-order valence-electron chi connectivity index (χ4n) is 4.09. The average Bonchev–Trinajstić information content (AvgIpc) is 2.85. The number of hydrogen-bond acceptors (Lipinski definition) is 4. The van der Waals surface area contributed by atoms with E-state index in [2.05, 4.69) is 55.6 Å². The normalized spacial score (nSPS) is 12.8. The summed E-state index contributed by atoms with van der Waals surface area (Å²) in [5, 5.41) is 21.1. The first-order chi connectivity index (χ1) is 16.8. The number of carbonyl (C=O) groups is 2. The number of rotatable bonds is 11. The number of carboxylic acids is 1. The maximum absolute atomic E-state index is 12.7. The monoisotopic (exact) mass is 474 g/mol. The first kappa shape index (κ1) is 26.1. The van der Waals surface area contributed by atoms with Crippen LogP contribution < -0.4 is 11.1 Å². The molecule has 184 valence electrons. The lowest BCUT2D eigenvalue weighted by Gasteiger charge is -2.22. The van der Waals surface area contributed by atoms with Crippen molar-refractivity contribution in [3.05, 3.63) is 95.1 Å². The predicted molar refractivity (Wildman–Crippen MR) is 138 cm³/mol. The van der Waals surface area contributed by atoms with Crippen LogP contribution in [0.25, 0.3) is 11.1 Å². The molecule has 6 nitrogen and oxygen atoms in total. The molecule has 2 atom stereocenters. The summed E-state index contributed by atoms with van der Waals surface area (Å²) in [5.41, 5.74) is 11.4. The van der Waals surface area contributed by atoms with E-state index in [-0.39, 0.29) is 24.9 Å². The van der Waals surface area contributed by atoms with Gasteiger partial charge in [0.2, 0.25) is 0 Å². The molecular formula is C29H34N2O4. The van der Waals surface area contributed by atoms with Crippen molar-refractivity contribution in [2.75, 3.05) is 13.2 Å². The molecule has 0 aliphatic heterocycles. The zero-order valence-electron chi connectivity index (χ0n) is 20.3. The predicted octanol–water partition coefficient (Wildman–Crippen LogP) is 4.01. The first-order valence-electron chi connectivity index (χ1n) is 11.9. The molecule has 0 fully saturated rings. The third-order valence-corrected chi connectivity index (χ3v) is 6.30. The lowest BCUT2D eigenvalue weighted by molar-refractivity contribution is -0.138. The summed E-state index contributed by atoms with van der Waals surface area (Å²) >= 11 is 0. The van der Waals surface area contributed by atoms with Crippen LogP contribution in [0.3, 0.4) is 0 Å². The van der Waals surface area contributed by atoms with Crippen LogP contribution in [0.4, 0.5) is 0 Å². The molecule has 0 bridgehead atoms. The number of hydrogen-bond donors (Lipinski definition) is 4. The fraction of sp³-hybridized carbons (Fsp3) is 0.310. The van der Waals surface area contributed by atoms with Crippen LogP contribution in [0.15, 0.2) is 72.8 Å². The van der Waals surface area contributed by atoms with Crippen molar-refractivity contribution in [2.24, 2.45) is 11.7 Å². The van der Waals surface area contributed by atoms with Gasteiger partial charge in [-0.15, -0.1) is 0 Å². The molecule has 0 aliphatic rings. The number of nitrogens with two attached hydrogens (primary N) is 1. The highest BCUT2D eigenvalue weighted by Gasteiger charge is 2.18. The van der Waals surface area contributed by atoms with Gasteiger partial charge in [-0.1, -0.05) is 74.5 Å². The van der Waals surface area contributed by atoms with Gasteiger partial charge < -0.3 is 21.3 Å². The van der Waals surface area contributed by atoms with E-state index in [1.54, 1.807) is 24.3 Å². The number of nitrogens with one attached hydrogen (secondary N) is 1. The molecule has 3 rings (SSSR count). The number of amides is 1. The lowest BCUT2D eigenvalue weighted by Crippen LogP contribution is -2.32. The van der Waals surface area contributed by atoms with Crippen molar-refractivity contribution in [3.8, 4) is 11.1 Å². The van der Waals surface area contributed by atoms with Crippen LogP contribution in [0.1, 0.15) is 46.8 Å². The molecule has 0 heterocycles. The van der Waals surface area contributed by atoms with Gasteiger partial charge >= 0.3 is 5.97 Å². The first-order valence-corrected chi connectivity index (χ1v) is 11.9. The van der Waals surface area contributed by atoms with Gasteiger partial charge in [0.1, 0.15) is 6.04 Å². The Bertz CT molecular complexity index is 1110. The second-order valence-electron chi connectivity index (χ2n) is 9.20. The van der Waals surface area contributed by atoms with Gasteiger partial charge in [-0.05, 0) is 58.7 Å². The second-order valence-corrected chi connectivity index (χ2v) is 9.20. The van der Waals surface area contributed by atoms with Crippen LogP contribution in [0.5, 0.6) is 0 Å². The topological polar surface area (TPSA) is 113 Å². The highest BCUT2D eigenvalue weighted by molar-refractivity contribution is 5.94. The minimum absolute atomic E-state index is 0.147. The molecule has 0 saturated heterocycles. The highest BCUT2D eigenvalue weighted by Crippen LogP contribution is 2.27. The Labute approximate surface area is 206 Å². The Balaban J connectivity index is 1.62. The van der Waals surface area contributed by atoms with E-state index in [1.165, 1.54) is 5.56 Å². The third-order valence-electron chi connectivity index (χ3n) is 6.30. The summed E-state index contributed by atoms with van der Waals surface area (Å²) in [6, 6.07) is 22.6. The molecule has 1 amide bonds. The standard InChI is InChI=1S/C29H34N2O4/c1-19(2)26(18-31-28(33)25-9-5-21(6-10-25)17-27(30)29(34)35)24-13-11-23(12-14-24)22-7-3-20(4-8-22)15-16-32/h3-14,19,26-27,32H,15-18,30H2,1-2H3,(H,31,33)(H,34,35)/t26-,27-/m1/s1. The van der Waals surface area contributed by atoms with Crippen molar-refractivity contribution in [1.29, 1.82) is 0 Å². The van der Waals surface area contributed by atoms with Crippen LogP contribution in [0.2, 0.25) is 0 Å². The van der Waals surface area contributed by atoms with E-state index in [9.17, 15) is 9.59 Å². The smallest absolute Gasteiger partial charge is 0.320 e. The Kier molecular flexibility index (Phi) is 9.18. The Morgan fingerprint density at radius 1 is 0.857 bits per heavy atom. The van der Waals surface area contributed by atoms with Crippen LogP contribution in [0, 0.1) is 5.92 Å². The number of benzene rings is 3. The summed E-state index contributed by atoms with van der Waals surface area (Å²) in [5.74, 6) is -0.716. The van der Waals surface area contributed by atoms with Crippen LogP contribution in [-0.2, 0) is 17.6 Å². The minimum Gasteiger partial charge on any atom is -0.480 e. The zero-order chi connectivity index (χ0) is 25.4. The van der Waals surface area contributed by atoms with E-state index in [0.717, 1.165) is 22.3 Å². The van der Waals surface area contributed by atoms with E-state index in [0.29, 0.717) is 24.4 Å². The number of carbonyl (C=O) groups excluding carboxylic acids is 1. The Morgan fingerprint density at radius 2 is 1.40 bits per heavy atom. The summed E-state index contributed by atoms with van der Waals surface area (Å²) in [4.78, 5) is 23.6. The van der Waals surface area contributed by atoms with Gasteiger partial charge in [0.25, 0.3) is 5.91 Å². The van der Waals surface area contributed by atoms with Crippen molar-refractivity contribution in [3.63, 3.8) is 0 Å². The number of aliphatic hydroxyl groups excluding tert-OH is 1. The van der Waals surface area contributed by atoms with Crippen molar-refractivity contribution >= 4 is 11.9 Å². The molecule has 3 aromatic rings. The number of carboxylic acid groups (broad SMARTS) is 1. The van der Waals surface area contributed by atoms with Crippen LogP contribution in [-0.4, -0.2) is 41.3 Å². The van der Waals surface area contributed by atoms with Gasteiger partial charge in [-0.25, -0.2) is 0 Å². The molecule has 0 aromatic heterocycles. The summed E-state index contributed by atoms with van der Waals surface area (Å²) in [6.45, 7) is 4.95. The largest absolute Gasteiger partial charge is 0.480 e. The molecule has 35 heavy (non-hydrogen) atoms. The maximum Gasteiger partial charge on any atom is 0.320 e.